The number of fused-ring (bicyclic) bond motifs is 2. The molecule has 2 aliphatic heterocycles. The Morgan fingerprint density at radius 3 is 1.56 bits per heavy atom. The molecule has 64 heavy (non-hydrogen) atoms. The maximum Gasteiger partial charge on any atom is 0.142 e. The molecule has 1 fully saturated rings. The highest BCUT2D eigenvalue weighted by Gasteiger charge is 2.35. The molecule has 0 bridgehead atoms. The standard InChI is InChI=1S/C61H51NO2/c1-7-21-43(22-8-1)55-41-57(45-25-11-3-12-26-45)63-60-49(29-19-35-53(55)60)39-47-37-38-48(59(47)62(51-31-15-5-16-32-51)52-33-17-6-18-34-52)40-50-30-20-36-54-56(44-23-9-2-10-24-44)42-58(64-61(50)54)46-27-13-4-14-28-46/h1-18,21-28,31-34,39-42,60H,19-20,29-30,35-38H2/b48-40+,49-39+. The van der Waals surface area contributed by atoms with Crippen LogP contribution in [0.1, 0.15) is 73.6 Å². The van der Waals surface area contributed by atoms with Crippen LogP contribution in [0.2, 0.25) is 0 Å². The molecule has 1 atom stereocenters. The van der Waals surface area contributed by atoms with Crippen molar-refractivity contribution < 1.29 is 9.47 Å². The molecule has 1 saturated carbocycles. The second-order valence-corrected chi connectivity index (χ2v) is 17.2. The van der Waals surface area contributed by atoms with E-state index in [4.69, 9.17) is 9.47 Å². The maximum absolute atomic E-state index is 7.17. The number of para-hydroxylation sites is 2. The molecular formula is C61H51NO2. The van der Waals surface area contributed by atoms with Crippen LogP contribution in [-0.2, 0) is 9.47 Å². The third-order valence-electron chi connectivity index (χ3n) is 13.2. The van der Waals surface area contributed by atoms with E-state index in [9.17, 15) is 0 Å². The van der Waals surface area contributed by atoms with Gasteiger partial charge in [0.05, 0.1) is 5.70 Å². The van der Waals surface area contributed by atoms with Gasteiger partial charge in [0.1, 0.15) is 23.4 Å². The van der Waals surface area contributed by atoms with Gasteiger partial charge in [0.25, 0.3) is 0 Å². The van der Waals surface area contributed by atoms with Crippen LogP contribution in [0.5, 0.6) is 0 Å². The molecule has 6 aromatic rings. The highest BCUT2D eigenvalue weighted by molar-refractivity contribution is 5.89. The predicted molar refractivity (Wildman–Crippen MR) is 264 cm³/mol. The van der Waals surface area contributed by atoms with Crippen LogP contribution in [0.25, 0.3) is 22.7 Å². The first kappa shape index (κ1) is 39.5. The van der Waals surface area contributed by atoms with Gasteiger partial charge in [-0.25, -0.2) is 0 Å². The fourth-order valence-electron chi connectivity index (χ4n) is 10.2. The van der Waals surface area contributed by atoms with E-state index in [1.807, 2.05) is 0 Å². The molecule has 3 aliphatic carbocycles. The van der Waals surface area contributed by atoms with Gasteiger partial charge in [0.2, 0.25) is 0 Å². The number of nitrogens with zero attached hydrogens (tertiary/aromatic N) is 1. The fourth-order valence-corrected chi connectivity index (χ4v) is 10.2. The minimum absolute atomic E-state index is 0.140. The van der Waals surface area contributed by atoms with Crippen molar-refractivity contribution in [3.63, 3.8) is 0 Å². The molecule has 5 aliphatic rings. The van der Waals surface area contributed by atoms with Gasteiger partial charge in [-0.3, -0.25) is 0 Å². The Morgan fingerprint density at radius 1 is 0.438 bits per heavy atom. The van der Waals surface area contributed by atoms with Gasteiger partial charge in [-0.1, -0.05) is 164 Å². The van der Waals surface area contributed by atoms with Gasteiger partial charge < -0.3 is 14.4 Å². The Morgan fingerprint density at radius 2 is 0.953 bits per heavy atom. The second-order valence-electron chi connectivity index (χ2n) is 17.2. The van der Waals surface area contributed by atoms with Gasteiger partial charge in [-0.2, -0.15) is 0 Å². The van der Waals surface area contributed by atoms with Crippen LogP contribution < -0.4 is 4.90 Å². The van der Waals surface area contributed by atoms with Crippen LogP contribution in [0.4, 0.5) is 11.4 Å². The van der Waals surface area contributed by atoms with Crippen molar-refractivity contribution in [1.82, 2.24) is 0 Å². The molecule has 3 nitrogen and oxygen atoms in total. The summed E-state index contributed by atoms with van der Waals surface area (Å²) in [6.07, 6.45) is 17.4. The van der Waals surface area contributed by atoms with E-state index in [1.54, 1.807) is 0 Å². The molecule has 0 radical (unpaired) electrons. The molecule has 6 aromatic carbocycles. The summed E-state index contributed by atoms with van der Waals surface area (Å²) in [5.74, 6) is 2.84. The molecule has 312 valence electrons. The van der Waals surface area contributed by atoms with E-state index >= 15 is 0 Å². The maximum atomic E-state index is 7.17. The molecule has 11 rings (SSSR count). The van der Waals surface area contributed by atoms with Crippen molar-refractivity contribution in [3.05, 3.63) is 273 Å². The molecular weight excluding hydrogens is 779 g/mol. The Bertz CT molecular complexity index is 2890. The first-order valence-electron chi connectivity index (χ1n) is 23.0. The lowest BCUT2D eigenvalue weighted by Crippen LogP contribution is -2.26. The van der Waals surface area contributed by atoms with Crippen molar-refractivity contribution in [2.45, 2.75) is 57.5 Å². The topological polar surface area (TPSA) is 21.7 Å². The SMILES string of the molecule is C1=C(c2ccccc2)OC2=C(/C=C3\CCC(/C=C4\CCCC5=C(c6ccccc6)C=C(c6ccccc6)OC54)=C3N(c3ccccc3)c3ccccc3)CCCC2=C1c1ccccc1. The lowest BCUT2D eigenvalue weighted by Gasteiger charge is -2.35. The number of ether oxygens (including phenoxy) is 2. The van der Waals surface area contributed by atoms with Gasteiger partial charge in [-0.05, 0) is 144 Å². The van der Waals surface area contributed by atoms with E-state index in [-0.39, 0.29) is 6.10 Å². The predicted octanol–water partition coefficient (Wildman–Crippen LogP) is 15.8. The van der Waals surface area contributed by atoms with Gasteiger partial charge >= 0.3 is 0 Å². The normalized spacial score (nSPS) is 19.8. The first-order valence-corrected chi connectivity index (χ1v) is 23.0. The molecule has 2 heterocycles. The number of hydrogen-bond donors (Lipinski definition) is 0. The lowest BCUT2D eigenvalue weighted by atomic mass is 9.80. The van der Waals surface area contributed by atoms with E-state index in [0.29, 0.717) is 0 Å². The summed E-state index contributed by atoms with van der Waals surface area (Å²) in [5, 5.41) is 0. The van der Waals surface area contributed by atoms with Crippen LogP contribution in [0.15, 0.2) is 251 Å². The average Bonchev–Trinajstić information content (AvgIpc) is 3.75. The third-order valence-corrected chi connectivity index (χ3v) is 13.2. The number of allylic oxidation sites excluding steroid dienone is 10. The summed E-state index contributed by atoms with van der Waals surface area (Å²) in [6, 6.07) is 64.7. The fraction of sp³-hybridized carbons (Fsp3) is 0.148. The van der Waals surface area contributed by atoms with Crippen LogP contribution in [-0.4, -0.2) is 6.10 Å². The largest absolute Gasteiger partial charge is 0.481 e. The lowest BCUT2D eigenvalue weighted by molar-refractivity contribution is 0.212. The summed E-state index contributed by atoms with van der Waals surface area (Å²) in [7, 11) is 0. The summed E-state index contributed by atoms with van der Waals surface area (Å²) < 4.78 is 14.3. The Kier molecular flexibility index (Phi) is 11.0. The number of anilines is 2. The monoisotopic (exact) mass is 829 g/mol. The van der Waals surface area contributed by atoms with Crippen molar-refractivity contribution in [3.8, 4) is 0 Å². The first-order chi connectivity index (χ1) is 31.7. The number of hydrogen-bond acceptors (Lipinski definition) is 3. The van der Waals surface area contributed by atoms with E-state index in [0.717, 1.165) is 91.1 Å². The molecule has 0 N–H and O–H groups in total. The highest BCUT2D eigenvalue weighted by atomic mass is 16.5. The zero-order valence-corrected chi connectivity index (χ0v) is 36.1. The molecule has 0 saturated heterocycles. The molecule has 0 amide bonds. The third kappa shape index (κ3) is 7.84. The van der Waals surface area contributed by atoms with Gasteiger partial charge in [-0.15, -0.1) is 0 Å². The Labute approximate surface area is 377 Å². The van der Waals surface area contributed by atoms with Crippen molar-refractivity contribution in [1.29, 1.82) is 0 Å². The summed E-state index contributed by atoms with van der Waals surface area (Å²) >= 11 is 0. The van der Waals surface area contributed by atoms with E-state index < -0.39 is 0 Å². The number of rotatable bonds is 9. The molecule has 1 unspecified atom stereocenters. The number of benzene rings is 6. The summed E-state index contributed by atoms with van der Waals surface area (Å²) in [4.78, 5) is 2.49. The van der Waals surface area contributed by atoms with Crippen LogP contribution in [0.3, 0.4) is 0 Å². The van der Waals surface area contributed by atoms with Crippen molar-refractivity contribution >= 4 is 34.0 Å². The Hall–Kier alpha value is -7.36. The van der Waals surface area contributed by atoms with Crippen molar-refractivity contribution in [2.75, 3.05) is 4.90 Å². The zero-order valence-electron chi connectivity index (χ0n) is 36.1. The van der Waals surface area contributed by atoms with Gasteiger partial charge in [0, 0.05) is 28.1 Å². The highest BCUT2D eigenvalue weighted by Crippen LogP contribution is 2.49. The molecule has 3 heteroatoms. The average molecular weight is 830 g/mol. The van der Waals surface area contributed by atoms with Crippen molar-refractivity contribution in [2.24, 2.45) is 0 Å². The Balaban J connectivity index is 1.09. The molecule has 0 aromatic heterocycles. The zero-order chi connectivity index (χ0) is 42.7. The minimum Gasteiger partial charge on any atom is -0.481 e. The summed E-state index contributed by atoms with van der Waals surface area (Å²) in [6.45, 7) is 0. The van der Waals surface area contributed by atoms with E-state index in [1.165, 1.54) is 61.4 Å². The van der Waals surface area contributed by atoms with Gasteiger partial charge in [0.15, 0.2) is 0 Å². The van der Waals surface area contributed by atoms with Crippen LogP contribution in [0, 0.1) is 0 Å². The van der Waals surface area contributed by atoms with E-state index in [2.05, 4.69) is 211 Å². The molecule has 0 spiro atoms. The second kappa shape index (κ2) is 17.8. The quantitative estimate of drug-likeness (QED) is 0.145. The smallest absolute Gasteiger partial charge is 0.142 e. The minimum atomic E-state index is -0.140. The summed E-state index contributed by atoms with van der Waals surface area (Å²) in [5.41, 5.74) is 18.7. The van der Waals surface area contributed by atoms with Crippen LogP contribution >= 0.6 is 0 Å².